The molecule has 138 valence electrons. The molecular formula is C19H26N6O. The average molecular weight is 354 g/mol. The van der Waals surface area contributed by atoms with E-state index in [9.17, 15) is 4.79 Å². The van der Waals surface area contributed by atoms with E-state index in [2.05, 4.69) is 30.8 Å². The van der Waals surface area contributed by atoms with Crippen molar-refractivity contribution in [1.29, 1.82) is 0 Å². The van der Waals surface area contributed by atoms with Crippen LogP contribution in [0.25, 0.3) is 0 Å². The second-order valence-corrected chi connectivity index (χ2v) is 6.41. The maximum atomic E-state index is 11.9. The maximum absolute atomic E-state index is 11.9. The average Bonchev–Trinajstić information content (AvgIpc) is 2.66. The van der Waals surface area contributed by atoms with Crippen molar-refractivity contribution in [1.82, 2.24) is 15.3 Å². The molecule has 0 radical (unpaired) electrons. The molecule has 1 aromatic heterocycles. The maximum Gasteiger partial charge on any atom is 0.319 e. The van der Waals surface area contributed by atoms with Crippen LogP contribution < -0.4 is 20.9 Å². The van der Waals surface area contributed by atoms with E-state index in [0.717, 1.165) is 30.3 Å². The molecule has 7 nitrogen and oxygen atoms in total. The number of anilines is 3. The molecule has 3 N–H and O–H groups in total. The summed E-state index contributed by atoms with van der Waals surface area (Å²) in [6, 6.07) is 11.2. The molecule has 0 aliphatic carbocycles. The number of aryl methyl sites for hydroxylation is 1. The molecule has 1 aliphatic heterocycles. The van der Waals surface area contributed by atoms with Gasteiger partial charge in [-0.1, -0.05) is 18.2 Å². The number of rotatable bonds is 6. The highest BCUT2D eigenvalue weighted by Gasteiger charge is 2.13. The standard InChI is InChI=1S/C19H26N6O/c1-15-14-17(25-12-6-3-7-13-25)24-18(22-15)20-10-11-21-19(26)23-16-8-4-2-5-9-16/h2,4-5,8-9,14H,3,6-7,10-13H2,1H3,(H,20,22,24)(H2,21,23,26). The van der Waals surface area contributed by atoms with Gasteiger partial charge < -0.3 is 20.9 Å². The minimum atomic E-state index is -0.225. The third-order valence-electron chi connectivity index (χ3n) is 4.25. The van der Waals surface area contributed by atoms with E-state index < -0.39 is 0 Å². The zero-order valence-electron chi connectivity index (χ0n) is 15.2. The van der Waals surface area contributed by atoms with Crippen LogP contribution in [0.4, 0.5) is 22.2 Å². The zero-order chi connectivity index (χ0) is 18.2. The van der Waals surface area contributed by atoms with Crippen LogP contribution in [0.1, 0.15) is 25.0 Å². The Morgan fingerprint density at radius 1 is 1.08 bits per heavy atom. The number of nitrogens with one attached hydrogen (secondary N) is 3. The van der Waals surface area contributed by atoms with E-state index in [-0.39, 0.29) is 6.03 Å². The minimum Gasteiger partial charge on any atom is -0.356 e. The van der Waals surface area contributed by atoms with Crippen LogP contribution in [0, 0.1) is 6.92 Å². The first-order valence-electron chi connectivity index (χ1n) is 9.15. The molecule has 7 heteroatoms. The summed E-state index contributed by atoms with van der Waals surface area (Å²) in [4.78, 5) is 23.2. The van der Waals surface area contributed by atoms with Crippen molar-refractivity contribution in [2.75, 3.05) is 41.7 Å². The van der Waals surface area contributed by atoms with E-state index in [1.807, 2.05) is 43.3 Å². The van der Waals surface area contributed by atoms with Gasteiger partial charge in [-0.3, -0.25) is 0 Å². The number of amides is 2. The van der Waals surface area contributed by atoms with Crippen molar-refractivity contribution in [3.8, 4) is 0 Å². The molecule has 0 saturated carbocycles. The fraction of sp³-hybridized carbons (Fsp3) is 0.421. The van der Waals surface area contributed by atoms with E-state index in [4.69, 9.17) is 0 Å². The minimum absolute atomic E-state index is 0.225. The molecule has 0 atom stereocenters. The van der Waals surface area contributed by atoms with Gasteiger partial charge in [0.15, 0.2) is 0 Å². The second-order valence-electron chi connectivity index (χ2n) is 6.41. The Kier molecular flexibility index (Phi) is 6.24. The van der Waals surface area contributed by atoms with Crippen LogP contribution in [0.5, 0.6) is 0 Å². The van der Waals surface area contributed by atoms with Gasteiger partial charge in [-0.25, -0.2) is 9.78 Å². The molecule has 1 saturated heterocycles. The number of piperidine rings is 1. The molecule has 0 unspecified atom stereocenters. The van der Waals surface area contributed by atoms with Gasteiger partial charge in [-0.05, 0) is 38.3 Å². The van der Waals surface area contributed by atoms with Crippen LogP contribution in [0.3, 0.4) is 0 Å². The second kappa shape index (κ2) is 9.03. The largest absolute Gasteiger partial charge is 0.356 e. The molecule has 0 spiro atoms. The van der Waals surface area contributed by atoms with Crippen molar-refractivity contribution in [2.45, 2.75) is 26.2 Å². The van der Waals surface area contributed by atoms with Crippen molar-refractivity contribution >= 4 is 23.5 Å². The summed E-state index contributed by atoms with van der Waals surface area (Å²) in [5.41, 5.74) is 1.71. The van der Waals surface area contributed by atoms with Crippen LogP contribution >= 0.6 is 0 Å². The van der Waals surface area contributed by atoms with Gasteiger partial charge in [0, 0.05) is 43.6 Å². The number of carbonyl (C=O) groups excluding carboxylic acids is 1. The molecule has 2 amide bonds. The quantitative estimate of drug-likeness (QED) is 0.695. The first-order valence-corrected chi connectivity index (χ1v) is 9.15. The Hall–Kier alpha value is -2.83. The third-order valence-corrected chi connectivity index (χ3v) is 4.25. The number of carbonyl (C=O) groups is 1. The summed E-state index contributed by atoms with van der Waals surface area (Å²) in [5.74, 6) is 1.59. The number of para-hydroxylation sites is 1. The lowest BCUT2D eigenvalue weighted by atomic mass is 10.1. The SMILES string of the molecule is Cc1cc(N2CCCCC2)nc(NCCNC(=O)Nc2ccccc2)n1. The monoisotopic (exact) mass is 354 g/mol. The van der Waals surface area contributed by atoms with E-state index in [0.29, 0.717) is 19.0 Å². The summed E-state index contributed by atoms with van der Waals surface area (Å²) in [5, 5.41) is 8.79. The molecule has 26 heavy (non-hydrogen) atoms. The summed E-state index contributed by atoms with van der Waals surface area (Å²) >= 11 is 0. The van der Waals surface area contributed by atoms with Crippen LogP contribution in [0.2, 0.25) is 0 Å². The number of hydrogen-bond donors (Lipinski definition) is 3. The summed E-state index contributed by atoms with van der Waals surface area (Å²) in [7, 11) is 0. The Labute approximate surface area is 154 Å². The first-order chi connectivity index (χ1) is 12.7. The molecule has 0 bridgehead atoms. The normalized spacial score (nSPS) is 14.0. The number of hydrogen-bond acceptors (Lipinski definition) is 5. The topological polar surface area (TPSA) is 82.2 Å². The van der Waals surface area contributed by atoms with Crippen LogP contribution in [-0.4, -0.2) is 42.2 Å². The number of urea groups is 1. The van der Waals surface area contributed by atoms with Crippen molar-refractivity contribution in [3.63, 3.8) is 0 Å². The zero-order valence-corrected chi connectivity index (χ0v) is 15.2. The first kappa shape index (κ1) is 18.0. The molecule has 2 heterocycles. The Bertz CT molecular complexity index is 715. The van der Waals surface area contributed by atoms with Crippen LogP contribution in [-0.2, 0) is 0 Å². The number of nitrogens with zero attached hydrogens (tertiary/aromatic N) is 3. The van der Waals surface area contributed by atoms with Gasteiger partial charge in [-0.2, -0.15) is 4.98 Å². The van der Waals surface area contributed by atoms with Crippen molar-refractivity contribution in [3.05, 3.63) is 42.1 Å². The summed E-state index contributed by atoms with van der Waals surface area (Å²) < 4.78 is 0. The van der Waals surface area contributed by atoms with E-state index in [1.165, 1.54) is 19.3 Å². The van der Waals surface area contributed by atoms with Gasteiger partial charge in [0.2, 0.25) is 5.95 Å². The van der Waals surface area contributed by atoms with Gasteiger partial charge in [0.1, 0.15) is 5.82 Å². The third kappa shape index (κ3) is 5.34. The van der Waals surface area contributed by atoms with Crippen molar-refractivity contribution in [2.24, 2.45) is 0 Å². The van der Waals surface area contributed by atoms with E-state index in [1.54, 1.807) is 0 Å². The molecular weight excluding hydrogens is 328 g/mol. The van der Waals surface area contributed by atoms with Gasteiger partial charge >= 0.3 is 6.03 Å². The van der Waals surface area contributed by atoms with Gasteiger partial charge in [0.25, 0.3) is 0 Å². The highest BCUT2D eigenvalue weighted by molar-refractivity contribution is 5.89. The highest BCUT2D eigenvalue weighted by atomic mass is 16.2. The van der Waals surface area contributed by atoms with Crippen molar-refractivity contribution < 1.29 is 4.79 Å². The van der Waals surface area contributed by atoms with Crippen LogP contribution in [0.15, 0.2) is 36.4 Å². The lowest BCUT2D eigenvalue weighted by molar-refractivity contribution is 0.252. The number of aromatic nitrogens is 2. The van der Waals surface area contributed by atoms with Gasteiger partial charge in [-0.15, -0.1) is 0 Å². The van der Waals surface area contributed by atoms with E-state index >= 15 is 0 Å². The fourth-order valence-corrected chi connectivity index (χ4v) is 2.96. The molecule has 1 fully saturated rings. The summed E-state index contributed by atoms with van der Waals surface area (Å²) in [6.45, 7) is 5.13. The molecule has 3 rings (SSSR count). The molecule has 1 aliphatic rings. The predicted octanol–water partition coefficient (Wildman–Crippen LogP) is 3.01. The number of benzene rings is 1. The Morgan fingerprint density at radius 3 is 2.62 bits per heavy atom. The lowest BCUT2D eigenvalue weighted by Gasteiger charge is -2.28. The molecule has 1 aromatic carbocycles. The Morgan fingerprint density at radius 2 is 1.85 bits per heavy atom. The van der Waals surface area contributed by atoms with Gasteiger partial charge in [0.05, 0.1) is 0 Å². The highest BCUT2D eigenvalue weighted by Crippen LogP contribution is 2.19. The smallest absolute Gasteiger partial charge is 0.319 e. The Balaban J connectivity index is 1.45. The fourth-order valence-electron chi connectivity index (χ4n) is 2.96. The lowest BCUT2D eigenvalue weighted by Crippen LogP contribution is -2.33. The molecule has 2 aromatic rings. The summed E-state index contributed by atoms with van der Waals surface area (Å²) in [6.07, 6.45) is 3.72. The predicted molar refractivity (Wildman–Crippen MR) is 105 cm³/mol.